The normalized spacial score (nSPS) is 13.4. The van der Waals surface area contributed by atoms with Crippen LogP contribution in [0.25, 0.3) is 0 Å². The summed E-state index contributed by atoms with van der Waals surface area (Å²) in [7, 11) is 0. The van der Waals surface area contributed by atoms with Gasteiger partial charge in [-0.1, -0.05) is 0 Å². The molecule has 10 heteroatoms. The maximum atomic E-state index is 12.0. The smallest absolute Gasteiger partial charge is 0.263 e. The third-order valence-electron chi connectivity index (χ3n) is 3.60. The zero-order chi connectivity index (χ0) is 19.0. The number of carbonyl (C=O) groups excluding carboxylic acids is 1. The van der Waals surface area contributed by atoms with Crippen molar-refractivity contribution in [2.45, 2.75) is 26.4 Å². The summed E-state index contributed by atoms with van der Waals surface area (Å²) < 4.78 is 5.25. The highest BCUT2D eigenvalue weighted by Gasteiger charge is 2.26. The summed E-state index contributed by atoms with van der Waals surface area (Å²) in [5.74, 6) is 0.890. The molecule has 2 rings (SSSR count). The molecule has 2 aromatic heterocycles. The van der Waals surface area contributed by atoms with Crippen LogP contribution in [0.4, 0.5) is 0 Å². The van der Waals surface area contributed by atoms with Crippen molar-refractivity contribution in [3.8, 4) is 0 Å². The van der Waals surface area contributed by atoms with E-state index in [9.17, 15) is 9.90 Å². The molecule has 1 unspecified atom stereocenters. The number of hydrogen-bond acceptors (Lipinski definition) is 6. The molecule has 0 fully saturated rings. The monoisotopic (exact) mass is 507 g/mol. The summed E-state index contributed by atoms with van der Waals surface area (Å²) in [5.41, 5.74) is 1.20. The summed E-state index contributed by atoms with van der Waals surface area (Å²) in [6, 6.07) is 3.44. The van der Waals surface area contributed by atoms with E-state index in [1.165, 1.54) is 17.6 Å². The molecule has 0 aliphatic carbocycles. The Hall–Kier alpha value is -1.66. The van der Waals surface area contributed by atoms with Crippen molar-refractivity contribution in [2.24, 2.45) is 4.99 Å². The van der Waals surface area contributed by atoms with Gasteiger partial charge < -0.3 is 25.5 Å². The van der Waals surface area contributed by atoms with Crippen LogP contribution >= 0.6 is 35.3 Å². The van der Waals surface area contributed by atoms with Crippen LogP contribution in [0.3, 0.4) is 0 Å². The van der Waals surface area contributed by atoms with E-state index in [-0.39, 0.29) is 36.4 Å². The first kappa shape index (κ1) is 23.4. The molecule has 0 aliphatic rings. The summed E-state index contributed by atoms with van der Waals surface area (Å²) in [5, 5.41) is 19.5. The van der Waals surface area contributed by atoms with Crippen molar-refractivity contribution in [1.82, 2.24) is 20.9 Å². The minimum Gasteiger partial charge on any atom is -0.466 e. The first-order valence-electron chi connectivity index (χ1n) is 8.41. The molecule has 0 radical (unpaired) electrons. The van der Waals surface area contributed by atoms with Crippen molar-refractivity contribution in [1.29, 1.82) is 0 Å². The predicted octanol–water partition coefficient (Wildman–Crippen LogP) is 1.86. The van der Waals surface area contributed by atoms with Crippen LogP contribution in [0.5, 0.6) is 0 Å². The summed E-state index contributed by atoms with van der Waals surface area (Å²) in [4.78, 5) is 21.1. The lowest BCUT2D eigenvalue weighted by Gasteiger charge is -2.19. The maximum Gasteiger partial charge on any atom is 0.263 e. The third kappa shape index (κ3) is 7.11. The van der Waals surface area contributed by atoms with Crippen LogP contribution < -0.4 is 16.0 Å². The van der Waals surface area contributed by atoms with Crippen molar-refractivity contribution in [3.63, 3.8) is 0 Å². The fourth-order valence-corrected chi connectivity index (χ4v) is 2.91. The van der Waals surface area contributed by atoms with Gasteiger partial charge in [-0.05, 0) is 32.9 Å². The number of aliphatic imine (C=N–C) groups is 1. The molecule has 1 amide bonds. The average molecular weight is 507 g/mol. The number of amides is 1. The molecule has 0 aromatic carbocycles. The number of halogens is 1. The second kappa shape index (κ2) is 11.2. The number of rotatable bonds is 8. The van der Waals surface area contributed by atoms with E-state index in [1.807, 2.05) is 13.8 Å². The molecule has 150 valence electrons. The molecule has 2 heterocycles. The Kier molecular flexibility index (Phi) is 9.74. The minimum atomic E-state index is -1.19. The molecule has 0 bridgehead atoms. The van der Waals surface area contributed by atoms with Gasteiger partial charge in [0.15, 0.2) is 5.96 Å². The largest absolute Gasteiger partial charge is 0.466 e. The SMILES string of the molecule is CCNC(=NCC(C)(O)c1ccco1)NCCNC(=O)c1scnc1C.I. The Morgan fingerprint density at radius 2 is 2.11 bits per heavy atom. The van der Waals surface area contributed by atoms with E-state index < -0.39 is 5.60 Å². The second-order valence-corrected chi connectivity index (χ2v) is 6.75. The standard InChI is InChI=1S/C17H25N5O3S.HI/c1-4-18-16(21-10-17(3,24)13-6-5-9-25-13)20-8-7-19-15(23)14-12(2)22-11-26-14;/h5-6,9,11,24H,4,7-8,10H2,1-3H3,(H,19,23)(H2,18,20,21);1H. The van der Waals surface area contributed by atoms with E-state index in [2.05, 4.69) is 25.9 Å². The van der Waals surface area contributed by atoms with Gasteiger partial charge in [-0.25, -0.2) is 9.98 Å². The zero-order valence-corrected chi connectivity index (χ0v) is 18.8. The van der Waals surface area contributed by atoms with Gasteiger partial charge in [0.2, 0.25) is 0 Å². The summed E-state index contributed by atoms with van der Waals surface area (Å²) >= 11 is 1.32. The second-order valence-electron chi connectivity index (χ2n) is 5.90. The maximum absolute atomic E-state index is 12.0. The lowest BCUT2D eigenvalue weighted by Crippen LogP contribution is -2.42. The fraction of sp³-hybridized carbons (Fsp3) is 0.471. The number of nitrogens with zero attached hydrogens (tertiary/aromatic N) is 2. The first-order valence-corrected chi connectivity index (χ1v) is 9.29. The van der Waals surface area contributed by atoms with Crippen LogP contribution in [-0.2, 0) is 5.60 Å². The minimum absolute atomic E-state index is 0. The molecule has 4 N–H and O–H groups in total. The molecule has 0 saturated carbocycles. The molecule has 8 nitrogen and oxygen atoms in total. The highest BCUT2D eigenvalue weighted by molar-refractivity contribution is 14.0. The van der Waals surface area contributed by atoms with Crippen molar-refractivity contribution >= 4 is 47.2 Å². The number of aliphatic hydroxyl groups is 1. The first-order chi connectivity index (χ1) is 12.4. The Labute approximate surface area is 179 Å². The van der Waals surface area contributed by atoms with Gasteiger partial charge in [-0.2, -0.15) is 0 Å². The van der Waals surface area contributed by atoms with Gasteiger partial charge in [0.25, 0.3) is 5.91 Å². The van der Waals surface area contributed by atoms with E-state index in [0.717, 1.165) is 5.69 Å². The third-order valence-corrected chi connectivity index (χ3v) is 4.52. The van der Waals surface area contributed by atoms with Gasteiger partial charge in [0.1, 0.15) is 16.2 Å². The number of hydrogen-bond donors (Lipinski definition) is 4. The Morgan fingerprint density at radius 1 is 1.37 bits per heavy atom. The highest BCUT2D eigenvalue weighted by Crippen LogP contribution is 2.20. The average Bonchev–Trinajstić information content (AvgIpc) is 3.28. The van der Waals surface area contributed by atoms with Gasteiger partial charge >= 0.3 is 0 Å². The summed E-state index contributed by atoms with van der Waals surface area (Å²) in [6.45, 7) is 7.17. The molecule has 0 aliphatic heterocycles. The molecule has 27 heavy (non-hydrogen) atoms. The van der Waals surface area contributed by atoms with E-state index >= 15 is 0 Å². The Bertz CT molecular complexity index is 731. The van der Waals surface area contributed by atoms with E-state index in [4.69, 9.17) is 4.42 Å². The van der Waals surface area contributed by atoms with Gasteiger partial charge in [0, 0.05) is 19.6 Å². The fourth-order valence-electron chi connectivity index (χ4n) is 2.19. The molecule has 0 saturated heterocycles. The Morgan fingerprint density at radius 3 is 2.70 bits per heavy atom. The zero-order valence-electron chi connectivity index (χ0n) is 15.6. The highest BCUT2D eigenvalue weighted by atomic mass is 127. The van der Waals surface area contributed by atoms with Crippen molar-refractivity contribution < 1.29 is 14.3 Å². The van der Waals surface area contributed by atoms with Crippen LogP contribution in [-0.4, -0.2) is 48.1 Å². The van der Waals surface area contributed by atoms with Crippen molar-refractivity contribution in [3.05, 3.63) is 40.2 Å². The molecule has 0 spiro atoms. The van der Waals surface area contributed by atoms with Crippen LogP contribution in [0.2, 0.25) is 0 Å². The molecule has 1 atom stereocenters. The molecular formula is C17H26IN5O3S. The van der Waals surface area contributed by atoms with Crippen molar-refractivity contribution in [2.75, 3.05) is 26.2 Å². The van der Waals surface area contributed by atoms with E-state index in [0.29, 0.717) is 36.2 Å². The number of aryl methyl sites for hydroxylation is 1. The topological polar surface area (TPSA) is 112 Å². The lowest BCUT2D eigenvalue weighted by molar-refractivity contribution is 0.0437. The van der Waals surface area contributed by atoms with E-state index in [1.54, 1.807) is 24.6 Å². The Balaban J connectivity index is 0.00000364. The number of thiazole rings is 1. The lowest BCUT2D eigenvalue weighted by atomic mass is 10.0. The van der Waals surface area contributed by atoms with Gasteiger partial charge in [-0.15, -0.1) is 35.3 Å². The predicted molar refractivity (Wildman–Crippen MR) is 117 cm³/mol. The summed E-state index contributed by atoms with van der Waals surface area (Å²) in [6.07, 6.45) is 1.52. The number of nitrogens with one attached hydrogen (secondary N) is 3. The van der Waals surface area contributed by atoms with Gasteiger partial charge in [-0.3, -0.25) is 4.79 Å². The molecular weight excluding hydrogens is 481 g/mol. The number of carbonyl (C=O) groups is 1. The number of aromatic nitrogens is 1. The van der Waals surface area contributed by atoms with Crippen LogP contribution in [0, 0.1) is 6.92 Å². The van der Waals surface area contributed by atoms with Gasteiger partial charge in [0.05, 0.1) is 24.0 Å². The quantitative estimate of drug-likeness (QED) is 0.188. The molecule has 2 aromatic rings. The number of guanidine groups is 1. The van der Waals surface area contributed by atoms with Crippen LogP contribution in [0.1, 0.15) is 35.0 Å². The number of furan rings is 1. The van der Waals surface area contributed by atoms with Crippen LogP contribution in [0.15, 0.2) is 33.3 Å².